The minimum atomic E-state index is -2.87. The molecule has 4 aliphatic heterocycles. The Morgan fingerprint density at radius 3 is 1.18 bits per heavy atom. The molecule has 4 aliphatic rings. The maximum Gasteiger partial charge on any atom is 0.305 e. The summed E-state index contributed by atoms with van der Waals surface area (Å²) in [5, 5.41) is -0.839. The van der Waals surface area contributed by atoms with Crippen molar-refractivity contribution in [1.29, 1.82) is 0 Å². The Labute approximate surface area is 684 Å². The summed E-state index contributed by atoms with van der Waals surface area (Å²) in [5.74, 6) is 2.09. The maximum atomic E-state index is 8.78. The van der Waals surface area contributed by atoms with Gasteiger partial charge < -0.3 is 56.5 Å². The van der Waals surface area contributed by atoms with Gasteiger partial charge in [0.15, 0.2) is 37.4 Å². The standard InChI is InChI=1S/C98H87BrO12S2Si/c1-96(2,3)114(4,5)111-95-93-88-81(105-63-71-42-24-11-25-43-71)56-82-87(91(88)110-98(95,113-85-49-31-30-48-84(85)112-93)75-51-53-77(101-59-67-34-16-7-17-35-67)79(55-75)103-61-69-38-20-9-21-39-69)89-86-80(104-62-70-40-22-10-23-41-70)57-83(106-64-72-44-26-12-27-45-72)90(99)92(86)109-97(108-82,94(89)107-65-73-46-28-13-29-47-73)74-50-52-76(100-58-66-32-14-6-15-33-66)78(54-74)102-60-68-36-18-8-19-37-68/h6-57,89,93-95H,58-65H2,1-5H3/t89-,93+,94-,95-,97-,98+/m1/s1. The van der Waals surface area contributed by atoms with Crippen molar-refractivity contribution in [3.63, 3.8) is 0 Å². The van der Waals surface area contributed by atoms with Crippen molar-refractivity contribution in [3.8, 4) is 57.5 Å². The van der Waals surface area contributed by atoms with Crippen LogP contribution in [-0.2, 0) is 72.7 Å². The molecule has 4 heterocycles. The maximum absolute atomic E-state index is 8.78. The van der Waals surface area contributed by atoms with Gasteiger partial charge in [0.25, 0.3) is 0 Å². The Morgan fingerprint density at radius 2 is 0.728 bits per heavy atom. The van der Waals surface area contributed by atoms with E-state index in [0.29, 0.717) is 85.3 Å². The summed E-state index contributed by atoms with van der Waals surface area (Å²) in [7, 11) is -2.87. The number of hydrogen-bond donors (Lipinski definition) is 0. The second-order valence-corrected chi connectivity index (χ2v) is 38.4. The van der Waals surface area contributed by atoms with Crippen LogP contribution in [0.25, 0.3) is 0 Å². The van der Waals surface area contributed by atoms with Crippen LogP contribution in [0.1, 0.15) is 104 Å². The number of fused-ring (bicyclic) bond motifs is 12. The highest BCUT2D eigenvalue weighted by atomic mass is 79.9. The lowest BCUT2D eigenvalue weighted by molar-refractivity contribution is -0.238. The second-order valence-electron chi connectivity index (χ2n) is 30.4. The third-order valence-corrected chi connectivity index (χ3v) is 29.8. The Balaban J connectivity index is 0.956. The number of benzene rings is 13. The molecule has 12 nitrogen and oxygen atoms in total. The van der Waals surface area contributed by atoms with E-state index in [4.69, 9.17) is 56.5 Å². The van der Waals surface area contributed by atoms with Gasteiger partial charge in [-0.1, -0.05) is 293 Å². The zero-order valence-electron chi connectivity index (χ0n) is 64.1. The molecule has 17 rings (SSSR count). The SMILES string of the molecule is CC(C)(C)[Si](C)(C)O[C@@H]1[C@H]2Sc3ccccc3S[C@]1(c1ccc(OCc3ccccc3)c(OCc3ccccc3)c1)Oc1c3c(cc(OCc4ccccc4)c12)O[C@]1(c2ccc(OCc4ccccc4)c(OCc4ccccc4)c2)Oc2c(Br)c(OCc4ccccc4)cc(OCc4ccccc4)c2[C@H]3[C@H]1OCc1ccccc1. The van der Waals surface area contributed by atoms with Gasteiger partial charge in [0.1, 0.15) is 91.3 Å². The van der Waals surface area contributed by atoms with E-state index < -0.39 is 42.4 Å². The Morgan fingerprint density at radius 1 is 0.351 bits per heavy atom. The Kier molecular flexibility index (Phi) is 22.2. The first-order valence-corrected chi connectivity index (χ1v) is 44.0. The summed E-state index contributed by atoms with van der Waals surface area (Å²) >= 11 is 7.65. The summed E-state index contributed by atoms with van der Waals surface area (Å²) in [6.07, 6.45) is -1.82. The molecule has 0 radical (unpaired) electrons. The summed E-state index contributed by atoms with van der Waals surface area (Å²) in [6, 6.07) is 106. The molecule has 16 heteroatoms. The zero-order chi connectivity index (χ0) is 77.6. The van der Waals surface area contributed by atoms with Crippen molar-refractivity contribution in [3.05, 3.63) is 392 Å². The Bertz CT molecular complexity index is 5480. The molecule has 0 aromatic heterocycles. The highest BCUT2D eigenvalue weighted by Gasteiger charge is 2.65. The lowest BCUT2D eigenvalue weighted by Gasteiger charge is -2.54. The monoisotopic (exact) mass is 1630 g/mol. The molecular formula is C98H87BrO12S2Si. The van der Waals surface area contributed by atoms with E-state index in [-0.39, 0.29) is 51.3 Å². The summed E-state index contributed by atoms with van der Waals surface area (Å²) < 4.78 is 91.9. The molecule has 0 aliphatic carbocycles. The van der Waals surface area contributed by atoms with Gasteiger partial charge in [-0.15, -0.1) is 11.8 Å². The van der Waals surface area contributed by atoms with Crippen LogP contribution < -0.4 is 47.4 Å². The van der Waals surface area contributed by atoms with E-state index in [1.807, 2.05) is 212 Å². The molecule has 0 saturated heterocycles. The quantitative estimate of drug-likeness (QED) is 0.0434. The molecule has 0 amide bonds. The normalized spacial score (nSPS) is 18.3. The fourth-order valence-electron chi connectivity index (χ4n) is 14.8. The van der Waals surface area contributed by atoms with Crippen LogP contribution in [0.3, 0.4) is 0 Å². The third-order valence-electron chi connectivity index (χ3n) is 21.7. The lowest BCUT2D eigenvalue weighted by Crippen LogP contribution is -2.59. The first-order chi connectivity index (χ1) is 55.7. The van der Waals surface area contributed by atoms with Crippen molar-refractivity contribution in [2.75, 3.05) is 0 Å². The van der Waals surface area contributed by atoms with Crippen molar-refractivity contribution in [2.45, 2.75) is 136 Å². The van der Waals surface area contributed by atoms with Gasteiger partial charge in [-0.3, -0.25) is 0 Å². The van der Waals surface area contributed by atoms with Crippen LogP contribution in [0, 0.1) is 0 Å². The second kappa shape index (κ2) is 33.3. The topological polar surface area (TPSA) is 111 Å². The molecule has 574 valence electrons. The minimum absolute atomic E-state index is 0.123. The minimum Gasteiger partial charge on any atom is -0.488 e. The van der Waals surface area contributed by atoms with E-state index in [2.05, 4.69) is 153 Å². The molecule has 0 unspecified atom stereocenters. The van der Waals surface area contributed by atoms with E-state index >= 15 is 0 Å². The molecule has 6 atom stereocenters. The average Bonchev–Trinajstić information content (AvgIpc) is 1.70. The Hall–Kier alpha value is -10.8. The van der Waals surface area contributed by atoms with Crippen molar-refractivity contribution < 1.29 is 56.5 Å². The summed E-state index contributed by atoms with van der Waals surface area (Å²) in [4.78, 5) is 0.595. The first kappa shape index (κ1) is 75.8. The molecule has 0 N–H and O–H groups in total. The van der Waals surface area contributed by atoms with E-state index in [1.165, 1.54) is 0 Å². The van der Waals surface area contributed by atoms with E-state index in [9.17, 15) is 0 Å². The number of hydrogen-bond acceptors (Lipinski definition) is 14. The number of halogens is 1. The molecule has 0 saturated carbocycles. The van der Waals surface area contributed by atoms with Crippen molar-refractivity contribution in [1.82, 2.24) is 0 Å². The van der Waals surface area contributed by atoms with Gasteiger partial charge >= 0.3 is 5.79 Å². The van der Waals surface area contributed by atoms with Gasteiger partial charge in [0.2, 0.25) is 4.93 Å². The molecular weight excluding hydrogens is 1540 g/mol. The zero-order valence-corrected chi connectivity index (χ0v) is 68.3. The lowest BCUT2D eigenvalue weighted by atomic mass is 9.73. The van der Waals surface area contributed by atoms with Gasteiger partial charge in [-0.25, -0.2) is 0 Å². The van der Waals surface area contributed by atoms with Crippen molar-refractivity contribution in [2.24, 2.45) is 0 Å². The molecule has 114 heavy (non-hydrogen) atoms. The molecule has 0 spiro atoms. The van der Waals surface area contributed by atoms with Crippen LogP contribution in [0.15, 0.2) is 330 Å². The number of rotatable bonds is 28. The van der Waals surface area contributed by atoms with Gasteiger partial charge in [-0.2, -0.15) is 0 Å². The summed E-state index contributed by atoms with van der Waals surface area (Å²) in [5.41, 5.74) is 11.2. The van der Waals surface area contributed by atoms with Gasteiger partial charge in [0.05, 0.1) is 23.3 Å². The van der Waals surface area contributed by atoms with Crippen LogP contribution in [0.2, 0.25) is 18.1 Å². The van der Waals surface area contributed by atoms with Crippen LogP contribution in [-0.4, -0.2) is 20.5 Å². The smallest absolute Gasteiger partial charge is 0.305 e. The van der Waals surface area contributed by atoms with Gasteiger partial charge in [0, 0.05) is 44.2 Å². The summed E-state index contributed by atoms with van der Waals surface area (Å²) in [6.45, 7) is 13.3. The van der Waals surface area contributed by atoms with Crippen LogP contribution in [0.4, 0.5) is 0 Å². The fraction of sp³-hybridized carbons (Fsp3) is 0.204. The molecule has 13 aromatic rings. The largest absolute Gasteiger partial charge is 0.488 e. The third kappa shape index (κ3) is 16.0. The van der Waals surface area contributed by atoms with E-state index in [1.54, 1.807) is 23.5 Å². The predicted molar refractivity (Wildman–Crippen MR) is 454 cm³/mol. The fourth-order valence-corrected chi connectivity index (χ4v) is 19.8. The van der Waals surface area contributed by atoms with Crippen molar-refractivity contribution >= 4 is 47.8 Å². The average molecular weight is 1630 g/mol. The molecule has 0 fully saturated rings. The van der Waals surface area contributed by atoms with E-state index in [0.717, 1.165) is 65.4 Å². The van der Waals surface area contributed by atoms with Gasteiger partial charge in [-0.05, 0) is 121 Å². The molecule has 4 bridgehead atoms. The highest BCUT2D eigenvalue weighted by molar-refractivity contribution is 9.10. The number of ether oxygens (including phenoxy) is 11. The number of thioether (sulfide) groups is 2. The predicted octanol–water partition coefficient (Wildman–Crippen LogP) is 24.4. The van der Waals surface area contributed by atoms with Crippen LogP contribution in [0.5, 0.6) is 57.5 Å². The molecule has 13 aromatic carbocycles. The first-order valence-electron chi connectivity index (χ1n) is 38.6. The van der Waals surface area contributed by atoms with Crippen LogP contribution >= 0.6 is 39.5 Å². The highest BCUT2D eigenvalue weighted by Crippen LogP contribution is 2.71.